The van der Waals surface area contributed by atoms with Gasteiger partial charge in [-0.05, 0) is 31.9 Å². The van der Waals surface area contributed by atoms with E-state index in [9.17, 15) is 14.4 Å². The van der Waals surface area contributed by atoms with Crippen molar-refractivity contribution in [1.82, 2.24) is 20.2 Å². The molecule has 2 aromatic rings. The van der Waals surface area contributed by atoms with Crippen LogP contribution in [0.4, 0.5) is 5.69 Å². The molecule has 0 saturated carbocycles. The van der Waals surface area contributed by atoms with Gasteiger partial charge in [-0.2, -0.15) is 0 Å². The number of carbonyl (C=O) groups excluding carboxylic acids is 3. The van der Waals surface area contributed by atoms with Crippen LogP contribution in [0.2, 0.25) is 5.15 Å². The number of likely N-dealkylation sites (tertiary alicyclic amines) is 1. The lowest BCUT2D eigenvalue weighted by molar-refractivity contribution is -0.146. The summed E-state index contributed by atoms with van der Waals surface area (Å²) in [7, 11) is 0. The minimum Gasteiger partial charge on any atom is -0.375 e. The molecule has 2 unspecified atom stereocenters. The fourth-order valence-electron chi connectivity index (χ4n) is 3.47. The van der Waals surface area contributed by atoms with Crippen LogP contribution in [0.5, 0.6) is 0 Å². The number of halogens is 1. The van der Waals surface area contributed by atoms with E-state index >= 15 is 0 Å². The summed E-state index contributed by atoms with van der Waals surface area (Å²) in [6, 6.07) is 8.46. The van der Waals surface area contributed by atoms with Gasteiger partial charge in [-0.1, -0.05) is 36.7 Å². The fraction of sp³-hybridized carbons (Fsp3) is 0.429. The minimum absolute atomic E-state index is 0.137. The molecule has 9 nitrogen and oxygen atoms in total. The van der Waals surface area contributed by atoms with Gasteiger partial charge in [0.05, 0.1) is 17.8 Å². The van der Waals surface area contributed by atoms with Crippen molar-refractivity contribution in [1.29, 1.82) is 0 Å². The number of benzene rings is 1. The Morgan fingerprint density at radius 1 is 1.26 bits per heavy atom. The Balaban J connectivity index is 1.62. The van der Waals surface area contributed by atoms with E-state index in [-0.39, 0.29) is 23.6 Å². The molecule has 10 heteroatoms. The summed E-state index contributed by atoms with van der Waals surface area (Å²) in [5.41, 5.74) is 1.24. The maximum absolute atomic E-state index is 12.6. The summed E-state index contributed by atoms with van der Waals surface area (Å²) >= 11 is 6.02. The van der Waals surface area contributed by atoms with Gasteiger partial charge >= 0.3 is 11.8 Å². The summed E-state index contributed by atoms with van der Waals surface area (Å²) in [6.07, 6.45) is 0.620. The lowest BCUT2D eigenvalue weighted by Crippen LogP contribution is -2.57. The molecule has 0 radical (unpaired) electrons. The number of imidazole rings is 1. The lowest BCUT2D eigenvalue weighted by atomic mass is 10.0. The summed E-state index contributed by atoms with van der Waals surface area (Å²) in [5.74, 6) is -1.60. The maximum Gasteiger partial charge on any atom is 0.313 e. The van der Waals surface area contributed by atoms with Crippen LogP contribution in [0.1, 0.15) is 36.6 Å². The number of anilines is 1. The van der Waals surface area contributed by atoms with Gasteiger partial charge in [-0.25, -0.2) is 4.98 Å². The third-order valence-electron chi connectivity index (χ3n) is 5.07. The Bertz CT molecular complexity index is 933. The zero-order chi connectivity index (χ0) is 22.4. The van der Waals surface area contributed by atoms with E-state index in [0.29, 0.717) is 37.4 Å². The Morgan fingerprint density at radius 3 is 2.65 bits per heavy atom. The number of rotatable bonds is 6. The zero-order valence-corrected chi connectivity index (χ0v) is 18.2. The first-order chi connectivity index (χ1) is 14.9. The number of ether oxygens (including phenoxy) is 1. The number of amides is 3. The van der Waals surface area contributed by atoms with Gasteiger partial charge in [0.15, 0.2) is 11.0 Å². The van der Waals surface area contributed by atoms with Crippen molar-refractivity contribution in [2.75, 3.05) is 25.0 Å². The van der Waals surface area contributed by atoms with Crippen molar-refractivity contribution < 1.29 is 19.1 Å². The van der Waals surface area contributed by atoms with Gasteiger partial charge in [0.25, 0.3) is 5.91 Å². The molecule has 3 amide bonds. The number of para-hydroxylation sites is 1. The van der Waals surface area contributed by atoms with E-state index in [1.807, 2.05) is 19.9 Å². The molecule has 1 aromatic heterocycles. The molecule has 1 aliphatic rings. The summed E-state index contributed by atoms with van der Waals surface area (Å²) < 4.78 is 5.76. The molecular weight excluding hydrogens is 422 g/mol. The lowest BCUT2D eigenvalue weighted by Gasteiger charge is -2.38. The zero-order valence-electron chi connectivity index (χ0n) is 17.5. The predicted molar refractivity (Wildman–Crippen MR) is 116 cm³/mol. The monoisotopic (exact) mass is 447 g/mol. The van der Waals surface area contributed by atoms with Crippen LogP contribution in [0, 0.1) is 0 Å². The predicted octanol–water partition coefficient (Wildman–Crippen LogP) is 2.00. The highest BCUT2D eigenvalue weighted by Gasteiger charge is 2.35. The van der Waals surface area contributed by atoms with Crippen LogP contribution in [0.3, 0.4) is 0 Å². The molecule has 3 rings (SSSR count). The average molecular weight is 448 g/mol. The van der Waals surface area contributed by atoms with E-state index in [0.717, 1.165) is 0 Å². The standard InChI is InChI=1S/C21H26ClN5O4/c1-3-14-17(22)26-18(24-14)19(28)25-15-10-11-27(12-16(15)31-4-2)21(30)20(29)23-13-8-6-5-7-9-13/h5-9,15-16H,3-4,10-12H2,1-2H3,(H,23,29)(H,24,26)(H,25,28). The number of piperidine rings is 1. The average Bonchev–Trinajstić information content (AvgIpc) is 3.16. The largest absolute Gasteiger partial charge is 0.375 e. The number of nitrogens with one attached hydrogen (secondary N) is 3. The van der Waals surface area contributed by atoms with Crippen molar-refractivity contribution in [2.24, 2.45) is 0 Å². The number of aryl methyl sites for hydroxylation is 1. The molecule has 2 heterocycles. The Morgan fingerprint density at radius 2 is 2.00 bits per heavy atom. The van der Waals surface area contributed by atoms with Gasteiger partial charge in [0.1, 0.15) is 0 Å². The first kappa shape index (κ1) is 22.8. The smallest absolute Gasteiger partial charge is 0.313 e. The topological polar surface area (TPSA) is 116 Å². The van der Waals surface area contributed by atoms with Crippen LogP contribution < -0.4 is 10.6 Å². The van der Waals surface area contributed by atoms with E-state index in [1.165, 1.54) is 4.90 Å². The molecule has 1 aliphatic heterocycles. The van der Waals surface area contributed by atoms with Crippen LogP contribution in [0.25, 0.3) is 0 Å². The molecule has 1 aromatic carbocycles. The number of aromatic nitrogens is 2. The molecule has 1 saturated heterocycles. The Labute approximate surface area is 185 Å². The third kappa shape index (κ3) is 5.62. The Hall–Kier alpha value is -2.91. The number of nitrogens with zero attached hydrogens (tertiary/aromatic N) is 2. The molecule has 166 valence electrons. The first-order valence-electron chi connectivity index (χ1n) is 10.2. The summed E-state index contributed by atoms with van der Waals surface area (Å²) in [4.78, 5) is 46.0. The van der Waals surface area contributed by atoms with Crippen LogP contribution >= 0.6 is 11.6 Å². The van der Waals surface area contributed by atoms with Crippen molar-refractivity contribution >= 4 is 35.0 Å². The molecule has 2 atom stereocenters. The van der Waals surface area contributed by atoms with E-state index in [4.69, 9.17) is 16.3 Å². The van der Waals surface area contributed by atoms with Gasteiger partial charge < -0.3 is 25.3 Å². The number of H-pyrrole nitrogens is 1. The summed E-state index contributed by atoms with van der Waals surface area (Å²) in [5, 5.41) is 5.78. The molecule has 0 spiro atoms. The third-order valence-corrected chi connectivity index (χ3v) is 5.38. The van der Waals surface area contributed by atoms with E-state index in [2.05, 4.69) is 20.6 Å². The summed E-state index contributed by atoms with van der Waals surface area (Å²) in [6.45, 7) is 4.66. The quantitative estimate of drug-likeness (QED) is 0.585. The van der Waals surface area contributed by atoms with E-state index in [1.54, 1.807) is 24.3 Å². The van der Waals surface area contributed by atoms with Crippen molar-refractivity contribution in [2.45, 2.75) is 38.8 Å². The van der Waals surface area contributed by atoms with Crippen molar-refractivity contribution in [3.8, 4) is 0 Å². The fourth-order valence-corrected chi connectivity index (χ4v) is 3.73. The minimum atomic E-state index is -0.707. The second-order valence-corrected chi connectivity index (χ2v) is 7.50. The van der Waals surface area contributed by atoms with Gasteiger partial charge in [0.2, 0.25) is 0 Å². The number of hydrogen-bond acceptors (Lipinski definition) is 5. The van der Waals surface area contributed by atoms with Gasteiger partial charge in [0, 0.05) is 25.4 Å². The normalized spacial score (nSPS) is 18.5. The highest BCUT2D eigenvalue weighted by Crippen LogP contribution is 2.17. The highest BCUT2D eigenvalue weighted by atomic mass is 35.5. The highest BCUT2D eigenvalue weighted by molar-refractivity contribution is 6.39. The van der Waals surface area contributed by atoms with E-state index < -0.39 is 23.8 Å². The SMILES string of the molecule is CCOC1CN(C(=O)C(=O)Nc2ccccc2)CCC1NC(=O)c1nc(Cl)c(CC)[nH]1. The number of aromatic amines is 1. The molecule has 0 bridgehead atoms. The molecular formula is C21H26ClN5O4. The number of carbonyl (C=O) groups is 3. The maximum atomic E-state index is 12.6. The first-order valence-corrected chi connectivity index (χ1v) is 10.6. The second-order valence-electron chi connectivity index (χ2n) is 7.14. The van der Waals surface area contributed by atoms with Crippen LogP contribution in [-0.4, -0.2) is 64.4 Å². The molecule has 1 fully saturated rings. The van der Waals surface area contributed by atoms with Crippen molar-refractivity contribution in [3.05, 3.63) is 47.0 Å². The van der Waals surface area contributed by atoms with Crippen molar-refractivity contribution in [3.63, 3.8) is 0 Å². The van der Waals surface area contributed by atoms with Gasteiger partial charge in [-0.15, -0.1) is 0 Å². The van der Waals surface area contributed by atoms with Crippen LogP contribution in [-0.2, 0) is 20.7 Å². The van der Waals surface area contributed by atoms with Gasteiger partial charge in [-0.3, -0.25) is 14.4 Å². The number of hydrogen-bond donors (Lipinski definition) is 3. The molecule has 0 aliphatic carbocycles. The molecule has 31 heavy (non-hydrogen) atoms. The second kappa shape index (κ2) is 10.4. The Kier molecular flexibility index (Phi) is 7.64. The molecule has 3 N–H and O–H groups in total. The van der Waals surface area contributed by atoms with Crippen LogP contribution in [0.15, 0.2) is 30.3 Å².